The van der Waals surface area contributed by atoms with Gasteiger partial charge in [-0.2, -0.15) is 0 Å². The first-order valence-electron chi connectivity index (χ1n) is 7.15. The van der Waals surface area contributed by atoms with Crippen LogP contribution in [-0.2, 0) is 6.54 Å². The van der Waals surface area contributed by atoms with E-state index >= 15 is 0 Å². The van der Waals surface area contributed by atoms with E-state index < -0.39 is 0 Å². The standard InChI is InChI=1S/C17H22N2OS/c1-13(2)10-18-11-14-4-9-17(19-12-14)21-16-7-5-15(20-3)6-8-16/h4-9,12-13,18H,10-11H2,1-3H3. The molecule has 0 spiro atoms. The number of pyridine rings is 1. The minimum absolute atomic E-state index is 0.669. The number of methoxy groups -OCH3 is 1. The molecule has 0 aliphatic carbocycles. The molecule has 0 saturated heterocycles. The van der Waals surface area contributed by atoms with Gasteiger partial charge in [0, 0.05) is 17.6 Å². The lowest BCUT2D eigenvalue weighted by molar-refractivity contribution is 0.414. The normalized spacial score (nSPS) is 10.9. The number of nitrogens with one attached hydrogen (secondary N) is 1. The van der Waals surface area contributed by atoms with Gasteiger partial charge in [0.25, 0.3) is 0 Å². The molecule has 4 heteroatoms. The van der Waals surface area contributed by atoms with Crippen LogP contribution in [0.15, 0.2) is 52.5 Å². The molecule has 1 aromatic carbocycles. The van der Waals surface area contributed by atoms with Crippen molar-refractivity contribution in [2.24, 2.45) is 5.92 Å². The van der Waals surface area contributed by atoms with Gasteiger partial charge in [0.2, 0.25) is 0 Å². The maximum Gasteiger partial charge on any atom is 0.118 e. The number of rotatable bonds is 7. The van der Waals surface area contributed by atoms with Crippen molar-refractivity contribution >= 4 is 11.8 Å². The first-order valence-corrected chi connectivity index (χ1v) is 7.96. The summed E-state index contributed by atoms with van der Waals surface area (Å²) in [7, 11) is 1.68. The molecule has 0 unspecified atom stereocenters. The van der Waals surface area contributed by atoms with Gasteiger partial charge in [-0.1, -0.05) is 31.7 Å². The van der Waals surface area contributed by atoms with Crippen molar-refractivity contribution in [1.29, 1.82) is 0 Å². The van der Waals surface area contributed by atoms with Crippen molar-refractivity contribution in [2.75, 3.05) is 13.7 Å². The van der Waals surface area contributed by atoms with Gasteiger partial charge in [0.05, 0.1) is 7.11 Å². The lowest BCUT2D eigenvalue weighted by atomic mass is 10.2. The Morgan fingerprint density at radius 3 is 2.48 bits per heavy atom. The summed E-state index contributed by atoms with van der Waals surface area (Å²) in [5, 5.41) is 4.43. The molecular formula is C17H22N2OS. The Morgan fingerprint density at radius 2 is 1.90 bits per heavy atom. The smallest absolute Gasteiger partial charge is 0.118 e. The lowest BCUT2D eigenvalue weighted by Crippen LogP contribution is -2.18. The molecular weight excluding hydrogens is 280 g/mol. The molecule has 112 valence electrons. The highest BCUT2D eigenvalue weighted by atomic mass is 32.2. The number of aromatic nitrogens is 1. The van der Waals surface area contributed by atoms with E-state index in [1.165, 1.54) is 5.56 Å². The molecule has 2 rings (SSSR count). The summed E-state index contributed by atoms with van der Waals surface area (Å²) in [5.41, 5.74) is 1.22. The van der Waals surface area contributed by atoms with Crippen molar-refractivity contribution in [3.05, 3.63) is 48.2 Å². The molecule has 3 nitrogen and oxygen atoms in total. The van der Waals surface area contributed by atoms with Crippen molar-refractivity contribution in [2.45, 2.75) is 30.3 Å². The van der Waals surface area contributed by atoms with Crippen LogP contribution in [-0.4, -0.2) is 18.6 Å². The summed E-state index contributed by atoms with van der Waals surface area (Å²) in [6.07, 6.45) is 1.94. The fraction of sp³-hybridized carbons (Fsp3) is 0.353. The third-order valence-corrected chi connectivity index (χ3v) is 3.92. The molecule has 0 bridgehead atoms. The van der Waals surface area contributed by atoms with Crippen molar-refractivity contribution in [3.63, 3.8) is 0 Å². The summed E-state index contributed by atoms with van der Waals surface area (Å²) < 4.78 is 5.16. The quantitative estimate of drug-likeness (QED) is 0.838. The summed E-state index contributed by atoms with van der Waals surface area (Å²) in [6.45, 7) is 6.32. The minimum atomic E-state index is 0.669. The number of hydrogen-bond acceptors (Lipinski definition) is 4. The first-order chi connectivity index (χ1) is 10.2. The predicted octanol–water partition coefficient (Wildman–Crippen LogP) is 3.99. The zero-order chi connectivity index (χ0) is 15.1. The minimum Gasteiger partial charge on any atom is -0.497 e. The first kappa shape index (κ1) is 15.9. The van der Waals surface area contributed by atoms with Gasteiger partial charge >= 0.3 is 0 Å². The van der Waals surface area contributed by atoms with E-state index in [-0.39, 0.29) is 0 Å². The monoisotopic (exact) mass is 302 g/mol. The van der Waals surface area contributed by atoms with Gasteiger partial charge in [-0.05, 0) is 48.4 Å². The van der Waals surface area contributed by atoms with Crippen LogP contribution in [0.3, 0.4) is 0 Å². The Kier molecular flexibility index (Phi) is 6.08. The average Bonchev–Trinajstić information content (AvgIpc) is 2.49. The molecule has 0 saturated carbocycles. The van der Waals surface area contributed by atoms with Crippen molar-refractivity contribution in [3.8, 4) is 5.75 Å². The Bertz CT molecular complexity index is 538. The third-order valence-electron chi connectivity index (χ3n) is 2.96. The molecule has 0 fully saturated rings. The van der Waals surface area contributed by atoms with Gasteiger partial charge < -0.3 is 10.1 Å². The molecule has 0 atom stereocenters. The maximum atomic E-state index is 5.16. The molecule has 0 amide bonds. The molecule has 1 aromatic heterocycles. The third kappa shape index (κ3) is 5.40. The van der Waals surface area contributed by atoms with E-state index in [0.717, 1.165) is 28.8 Å². The summed E-state index contributed by atoms with van der Waals surface area (Å²) in [4.78, 5) is 5.67. The van der Waals surface area contributed by atoms with Crippen molar-refractivity contribution in [1.82, 2.24) is 10.3 Å². The van der Waals surface area contributed by atoms with Gasteiger partial charge in [-0.15, -0.1) is 0 Å². The molecule has 1 N–H and O–H groups in total. The summed E-state index contributed by atoms with van der Waals surface area (Å²) in [6, 6.07) is 12.2. The van der Waals surface area contributed by atoms with Crippen LogP contribution in [0.4, 0.5) is 0 Å². The molecule has 0 radical (unpaired) electrons. The summed E-state index contributed by atoms with van der Waals surface area (Å²) in [5.74, 6) is 1.54. The van der Waals surface area contributed by atoms with Crippen LogP contribution in [0.1, 0.15) is 19.4 Å². The lowest BCUT2D eigenvalue weighted by Gasteiger charge is -2.08. The zero-order valence-electron chi connectivity index (χ0n) is 12.8. The Morgan fingerprint density at radius 1 is 1.14 bits per heavy atom. The van der Waals surface area contributed by atoms with Crippen LogP contribution in [0.2, 0.25) is 0 Å². The SMILES string of the molecule is COc1ccc(Sc2ccc(CNCC(C)C)cn2)cc1. The van der Waals surface area contributed by atoms with Gasteiger partial charge in [0.15, 0.2) is 0 Å². The van der Waals surface area contributed by atoms with Crippen LogP contribution in [0.25, 0.3) is 0 Å². The van der Waals surface area contributed by atoms with Gasteiger partial charge in [0.1, 0.15) is 10.8 Å². The van der Waals surface area contributed by atoms with E-state index in [9.17, 15) is 0 Å². The van der Waals surface area contributed by atoms with Crippen LogP contribution >= 0.6 is 11.8 Å². The van der Waals surface area contributed by atoms with E-state index in [0.29, 0.717) is 5.92 Å². The Balaban J connectivity index is 1.89. The van der Waals surface area contributed by atoms with E-state index in [1.807, 2.05) is 30.5 Å². The molecule has 1 heterocycles. The second-order valence-electron chi connectivity index (χ2n) is 5.31. The Labute approximate surface area is 131 Å². The maximum absolute atomic E-state index is 5.16. The number of ether oxygens (including phenoxy) is 1. The zero-order valence-corrected chi connectivity index (χ0v) is 13.6. The highest BCUT2D eigenvalue weighted by Crippen LogP contribution is 2.27. The van der Waals surface area contributed by atoms with E-state index in [1.54, 1.807) is 18.9 Å². The highest BCUT2D eigenvalue weighted by Gasteiger charge is 2.01. The van der Waals surface area contributed by atoms with E-state index in [2.05, 4.69) is 36.3 Å². The fourth-order valence-corrected chi connectivity index (χ4v) is 2.60. The average molecular weight is 302 g/mol. The predicted molar refractivity (Wildman–Crippen MR) is 87.9 cm³/mol. The van der Waals surface area contributed by atoms with Gasteiger partial charge in [-0.3, -0.25) is 0 Å². The van der Waals surface area contributed by atoms with Crippen LogP contribution in [0, 0.1) is 5.92 Å². The Hall–Kier alpha value is -1.52. The van der Waals surface area contributed by atoms with Crippen LogP contribution in [0.5, 0.6) is 5.75 Å². The summed E-state index contributed by atoms with van der Waals surface area (Å²) >= 11 is 1.66. The molecule has 0 aliphatic rings. The topological polar surface area (TPSA) is 34.1 Å². The molecule has 21 heavy (non-hydrogen) atoms. The second-order valence-corrected chi connectivity index (χ2v) is 6.40. The number of benzene rings is 1. The fourth-order valence-electron chi connectivity index (χ4n) is 1.85. The second kappa shape index (κ2) is 8.05. The number of nitrogens with zero attached hydrogens (tertiary/aromatic N) is 1. The van der Waals surface area contributed by atoms with Crippen molar-refractivity contribution < 1.29 is 4.74 Å². The number of hydrogen-bond donors (Lipinski definition) is 1. The highest BCUT2D eigenvalue weighted by molar-refractivity contribution is 7.99. The van der Waals surface area contributed by atoms with Crippen LogP contribution < -0.4 is 10.1 Å². The van der Waals surface area contributed by atoms with Gasteiger partial charge in [-0.25, -0.2) is 4.98 Å². The van der Waals surface area contributed by atoms with E-state index in [4.69, 9.17) is 4.74 Å². The largest absolute Gasteiger partial charge is 0.497 e. The molecule has 0 aliphatic heterocycles. The molecule has 2 aromatic rings.